The standard InChI is InChI=1S/C15H23N3O/c1-12(2)11-17-6-8-18(9-7-17)15(19)14-5-4-13(3)16-10-14/h4-5,10,12H,6-9,11H2,1-3H3. The Balaban J connectivity index is 1.90. The molecular formula is C15H23N3O. The Morgan fingerprint density at radius 2 is 1.95 bits per heavy atom. The summed E-state index contributed by atoms with van der Waals surface area (Å²) in [6.45, 7) is 11.1. The summed E-state index contributed by atoms with van der Waals surface area (Å²) in [5.41, 5.74) is 1.64. The zero-order valence-electron chi connectivity index (χ0n) is 12.1. The lowest BCUT2D eigenvalue weighted by atomic mass is 10.1. The third-order valence-corrected chi connectivity index (χ3v) is 3.44. The van der Waals surface area contributed by atoms with Crippen LogP contribution in [0.4, 0.5) is 0 Å². The summed E-state index contributed by atoms with van der Waals surface area (Å²) in [7, 11) is 0. The van der Waals surface area contributed by atoms with Gasteiger partial charge < -0.3 is 4.90 Å². The summed E-state index contributed by atoms with van der Waals surface area (Å²) in [4.78, 5) is 20.9. The minimum atomic E-state index is 0.108. The van der Waals surface area contributed by atoms with Gasteiger partial charge in [-0.3, -0.25) is 14.7 Å². The van der Waals surface area contributed by atoms with Crippen LogP contribution in [0.15, 0.2) is 18.3 Å². The predicted molar refractivity (Wildman–Crippen MR) is 76.2 cm³/mol. The third kappa shape index (κ3) is 3.77. The first kappa shape index (κ1) is 14.0. The van der Waals surface area contributed by atoms with Crippen LogP contribution >= 0.6 is 0 Å². The van der Waals surface area contributed by atoms with Gasteiger partial charge >= 0.3 is 0 Å². The van der Waals surface area contributed by atoms with Gasteiger partial charge in [0.15, 0.2) is 0 Å². The van der Waals surface area contributed by atoms with Crippen LogP contribution in [-0.4, -0.2) is 53.4 Å². The maximum atomic E-state index is 12.3. The SMILES string of the molecule is Cc1ccc(C(=O)N2CCN(CC(C)C)CC2)cn1. The monoisotopic (exact) mass is 261 g/mol. The Morgan fingerprint density at radius 3 is 2.47 bits per heavy atom. The normalized spacial score (nSPS) is 16.9. The van der Waals surface area contributed by atoms with Gasteiger partial charge in [-0.2, -0.15) is 0 Å². The van der Waals surface area contributed by atoms with Gasteiger partial charge in [0.25, 0.3) is 5.91 Å². The van der Waals surface area contributed by atoms with Crippen molar-refractivity contribution in [2.75, 3.05) is 32.7 Å². The zero-order valence-corrected chi connectivity index (χ0v) is 12.1. The van der Waals surface area contributed by atoms with Gasteiger partial charge in [0, 0.05) is 44.6 Å². The Morgan fingerprint density at radius 1 is 1.26 bits per heavy atom. The number of amides is 1. The highest BCUT2D eigenvalue weighted by Gasteiger charge is 2.22. The average Bonchev–Trinajstić information content (AvgIpc) is 2.39. The van der Waals surface area contributed by atoms with Crippen LogP contribution in [0.3, 0.4) is 0 Å². The predicted octanol–water partition coefficient (Wildman–Crippen LogP) is 1.80. The molecule has 4 nitrogen and oxygen atoms in total. The van der Waals surface area contributed by atoms with E-state index in [1.165, 1.54) is 0 Å². The van der Waals surface area contributed by atoms with Crippen LogP contribution in [0.2, 0.25) is 0 Å². The molecule has 2 heterocycles. The van der Waals surface area contributed by atoms with Gasteiger partial charge in [0.05, 0.1) is 5.56 Å². The van der Waals surface area contributed by atoms with Crippen LogP contribution in [0.5, 0.6) is 0 Å². The Bertz CT molecular complexity index is 420. The number of aryl methyl sites for hydroxylation is 1. The molecule has 1 aromatic rings. The zero-order chi connectivity index (χ0) is 13.8. The lowest BCUT2D eigenvalue weighted by Crippen LogP contribution is -2.49. The Hall–Kier alpha value is -1.42. The first-order valence-electron chi connectivity index (χ1n) is 7.00. The minimum absolute atomic E-state index is 0.108. The molecule has 104 valence electrons. The molecule has 0 saturated carbocycles. The van der Waals surface area contributed by atoms with E-state index in [9.17, 15) is 4.79 Å². The summed E-state index contributed by atoms with van der Waals surface area (Å²) in [6, 6.07) is 3.76. The molecule has 19 heavy (non-hydrogen) atoms. The molecule has 1 amide bonds. The molecule has 0 atom stereocenters. The van der Waals surface area contributed by atoms with Gasteiger partial charge in [-0.25, -0.2) is 0 Å². The number of hydrogen-bond donors (Lipinski definition) is 0. The van der Waals surface area contributed by atoms with E-state index in [1.54, 1.807) is 6.20 Å². The van der Waals surface area contributed by atoms with Crippen LogP contribution in [0, 0.1) is 12.8 Å². The van der Waals surface area contributed by atoms with Crippen molar-refractivity contribution in [1.82, 2.24) is 14.8 Å². The first-order valence-corrected chi connectivity index (χ1v) is 7.00. The van der Waals surface area contributed by atoms with E-state index in [0.29, 0.717) is 11.5 Å². The first-order chi connectivity index (χ1) is 9.06. The van der Waals surface area contributed by atoms with Crippen molar-refractivity contribution in [3.05, 3.63) is 29.6 Å². The number of nitrogens with zero attached hydrogens (tertiary/aromatic N) is 3. The molecule has 1 aromatic heterocycles. The molecule has 1 aliphatic heterocycles. The number of carbonyl (C=O) groups excluding carboxylic acids is 1. The largest absolute Gasteiger partial charge is 0.336 e. The lowest BCUT2D eigenvalue weighted by molar-refractivity contribution is 0.0623. The summed E-state index contributed by atoms with van der Waals surface area (Å²) in [5.74, 6) is 0.792. The molecule has 1 aliphatic rings. The Labute approximate surface area is 115 Å². The van der Waals surface area contributed by atoms with Crippen molar-refractivity contribution >= 4 is 5.91 Å². The second-order valence-electron chi connectivity index (χ2n) is 5.67. The summed E-state index contributed by atoms with van der Waals surface area (Å²) >= 11 is 0. The lowest BCUT2D eigenvalue weighted by Gasteiger charge is -2.35. The number of piperazine rings is 1. The van der Waals surface area contributed by atoms with Gasteiger partial charge in [-0.15, -0.1) is 0 Å². The van der Waals surface area contributed by atoms with Crippen molar-refractivity contribution < 1.29 is 4.79 Å². The molecule has 0 bridgehead atoms. The fraction of sp³-hybridized carbons (Fsp3) is 0.600. The van der Waals surface area contributed by atoms with Crippen molar-refractivity contribution in [2.24, 2.45) is 5.92 Å². The molecule has 0 aliphatic carbocycles. The van der Waals surface area contributed by atoms with Crippen LogP contribution in [-0.2, 0) is 0 Å². The molecule has 2 rings (SSSR count). The van der Waals surface area contributed by atoms with Crippen molar-refractivity contribution in [3.63, 3.8) is 0 Å². The molecule has 4 heteroatoms. The highest BCUT2D eigenvalue weighted by atomic mass is 16.2. The topological polar surface area (TPSA) is 36.4 Å². The number of carbonyl (C=O) groups is 1. The van der Waals surface area contributed by atoms with Crippen LogP contribution in [0.25, 0.3) is 0 Å². The highest BCUT2D eigenvalue weighted by Crippen LogP contribution is 2.10. The Kier molecular flexibility index (Phi) is 4.53. The highest BCUT2D eigenvalue weighted by molar-refractivity contribution is 5.94. The molecule has 1 fully saturated rings. The van der Waals surface area contributed by atoms with E-state index >= 15 is 0 Å². The van der Waals surface area contributed by atoms with E-state index in [-0.39, 0.29) is 5.91 Å². The van der Waals surface area contributed by atoms with Gasteiger partial charge in [-0.1, -0.05) is 13.8 Å². The minimum Gasteiger partial charge on any atom is -0.336 e. The van der Waals surface area contributed by atoms with E-state index in [0.717, 1.165) is 38.4 Å². The van der Waals surface area contributed by atoms with Gasteiger partial charge in [-0.05, 0) is 25.0 Å². The average molecular weight is 261 g/mol. The molecular weight excluding hydrogens is 238 g/mol. The number of aromatic nitrogens is 1. The molecule has 0 spiro atoms. The van der Waals surface area contributed by atoms with E-state index in [2.05, 4.69) is 23.7 Å². The molecule has 0 N–H and O–H groups in total. The molecule has 0 radical (unpaired) electrons. The van der Waals surface area contributed by atoms with Gasteiger partial charge in [0.2, 0.25) is 0 Å². The molecule has 0 unspecified atom stereocenters. The summed E-state index contributed by atoms with van der Waals surface area (Å²) < 4.78 is 0. The van der Waals surface area contributed by atoms with Crippen molar-refractivity contribution in [3.8, 4) is 0 Å². The quantitative estimate of drug-likeness (QED) is 0.832. The van der Waals surface area contributed by atoms with Crippen LogP contribution < -0.4 is 0 Å². The smallest absolute Gasteiger partial charge is 0.255 e. The van der Waals surface area contributed by atoms with Crippen molar-refractivity contribution in [2.45, 2.75) is 20.8 Å². The van der Waals surface area contributed by atoms with E-state index in [4.69, 9.17) is 0 Å². The van der Waals surface area contributed by atoms with E-state index < -0.39 is 0 Å². The molecule has 1 saturated heterocycles. The molecule has 0 aromatic carbocycles. The maximum absolute atomic E-state index is 12.3. The van der Waals surface area contributed by atoms with E-state index in [1.807, 2.05) is 24.0 Å². The van der Waals surface area contributed by atoms with Gasteiger partial charge in [0.1, 0.15) is 0 Å². The number of hydrogen-bond acceptors (Lipinski definition) is 3. The number of rotatable bonds is 3. The fourth-order valence-electron chi connectivity index (χ4n) is 2.43. The van der Waals surface area contributed by atoms with Crippen molar-refractivity contribution in [1.29, 1.82) is 0 Å². The summed E-state index contributed by atoms with van der Waals surface area (Å²) in [5, 5.41) is 0. The van der Waals surface area contributed by atoms with Crippen LogP contribution in [0.1, 0.15) is 29.9 Å². The second-order valence-corrected chi connectivity index (χ2v) is 5.67. The second kappa shape index (κ2) is 6.15. The maximum Gasteiger partial charge on any atom is 0.255 e. The number of pyridine rings is 1. The third-order valence-electron chi connectivity index (χ3n) is 3.44. The summed E-state index contributed by atoms with van der Waals surface area (Å²) in [6.07, 6.45) is 1.68. The fourth-order valence-corrected chi connectivity index (χ4v) is 2.43.